The van der Waals surface area contributed by atoms with Crippen LogP contribution in [0.1, 0.15) is 24.5 Å². The molecule has 150 valence electrons. The van der Waals surface area contributed by atoms with Gasteiger partial charge in [0.2, 0.25) is 11.8 Å². The summed E-state index contributed by atoms with van der Waals surface area (Å²) in [5.74, 6) is -2.27. The summed E-state index contributed by atoms with van der Waals surface area (Å²) < 4.78 is 0. The van der Waals surface area contributed by atoms with Gasteiger partial charge in [-0.1, -0.05) is 24.3 Å². The van der Waals surface area contributed by atoms with Crippen LogP contribution in [-0.4, -0.2) is 50.0 Å². The van der Waals surface area contributed by atoms with Gasteiger partial charge in [0.15, 0.2) is 5.13 Å². The second-order valence-corrected chi connectivity index (χ2v) is 8.03. The first-order valence-electron chi connectivity index (χ1n) is 9.13. The number of fused-ring (bicyclic) bond motifs is 1. The Morgan fingerprint density at radius 3 is 2.66 bits per heavy atom. The van der Waals surface area contributed by atoms with Crippen LogP contribution in [0.15, 0.2) is 41.5 Å². The molecule has 0 radical (unpaired) electrons. The van der Waals surface area contributed by atoms with Gasteiger partial charge < -0.3 is 20.4 Å². The summed E-state index contributed by atoms with van der Waals surface area (Å²) in [5, 5.41) is 24.5. The molecule has 3 N–H and O–H groups in total. The Balaban J connectivity index is 1.52. The number of carbonyl (C=O) groups excluding carboxylic acids is 2. The van der Waals surface area contributed by atoms with Crippen LogP contribution in [0.4, 0.5) is 5.13 Å². The van der Waals surface area contributed by atoms with Crippen LogP contribution in [-0.2, 0) is 20.8 Å². The summed E-state index contributed by atoms with van der Waals surface area (Å²) in [4.78, 5) is 41.5. The molecule has 0 unspecified atom stereocenters. The highest BCUT2D eigenvalue weighted by atomic mass is 32.1. The summed E-state index contributed by atoms with van der Waals surface area (Å²) in [6.07, 6.45) is 1.34. The number of aromatic nitrogens is 1. The van der Waals surface area contributed by atoms with Crippen molar-refractivity contribution in [2.24, 2.45) is 5.92 Å². The molecule has 0 saturated carbocycles. The first-order chi connectivity index (χ1) is 13.9. The molecule has 1 fully saturated rings. The first-order valence-corrected chi connectivity index (χ1v) is 10.0. The number of aliphatic carboxylic acids is 1. The van der Waals surface area contributed by atoms with E-state index in [2.05, 4.69) is 10.3 Å². The van der Waals surface area contributed by atoms with E-state index in [1.165, 1.54) is 16.2 Å². The van der Waals surface area contributed by atoms with Gasteiger partial charge in [-0.3, -0.25) is 9.59 Å². The molecule has 0 aliphatic carbocycles. The number of carbonyl (C=O) groups is 3. The van der Waals surface area contributed by atoms with E-state index < -0.39 is 18.0 Å². The Morgan fingerprint density at radius 1 is 1.34 bits per heavy atom. The predicted molar refractivity (Wildman–Crippen MR) is 106 cm³/mol. The highest BCUT2D eigenvalue weighted by molar-refractivity contribution is 7.13. The number of carboxylic acid groups (broad SMARTS) is 1. The molecular weight excluding hydrogens is 394 g/mol. The second kappa shape index (κ2) is 7.41. The minimum atomic E-state index is -1.16. The molecule has 2 aliphatic rings. The lowest BCUT2D eigenvalue weighted by atomic mass is 9.82. The van der Waals surface area contributed by atoms with Crippen molar-refractivity contribution in [1.82, 2.24) is 9.88 Å². The number of carboxylic acids is 1. The number of thiazole rings is 1. The Bertz CT molecular complexity index is 998. The SMILES string of the molecule is C[C@@H](O)[C@@H]1C(=O)N2C(C(=O)O)=C(c3ccc(CC(=O)Nc4nccs4)cc3)C[C@H]12. The fourth-order valence-electron chi connectivity index (χ4n) is 3.98. The fraction of sp³-hybridized carbons (Fsp3) is 0.300. The lowest BCUT2D eigenvalue weighted by molar-refractivity contribution is -0.161. The van der Waals surface area contributed by atoms with Crippen LogP contribution in [0.5, 0.6) is 0 Å². The van der Waals surface area contributed by atoms with E-state index in [1.807, 2.05) is 0 Å². The topological polar surface area (TPSA) is 120 Å². The maximum atomic E-state index is 12.3. The van der Waals surface area contributed by atoms with E-state index in [4.69, 9.17) is 0 Å². The van der Waals surface area contributed by atoms with Gasteiger partial charge in [-0.15, -0.1) is 11.3 Å². The summed E-state index contributed by atoms with van der Waals surface area (Å²) in [6.45, 7) is 1.55. The molecule has 3 heterocycles. The van der Waals surface area contributed by atoms with Gasteiger partial charge in [-0.25, -0.2) is 9.78 Å². The molecule has 0 bridgehead atoms. The molecule has 1 aromatic carbocycles. The third-order valence-electron chi connectivity index (χ3n) is 5.28. The van der Waals surface area contributed by atoms with Crippen LogP contribution in [0, 0.1) is 5.92 Å². The zero-order valence-electron chi connectivity index (χ0n) is 15.5. The molecule has 2 aromatic rings. The van der Waals surface area contributed by atoms with Gasteiger partial charge in [0.05, 0.1) is 24.5 Å². The second-order valence-electron chi connectivity index (χ2n) is 7.14. The third-order valence-corrected chi connectivity index (χ3v) is 5.97. The minimum Gasteiger partial charge on any atom is -0.477 e. The molecule has 3 atom stereocenters. The van der Waals surface area contributed by atoms with Crippen molar-refractivity contribution in [3.8, 4) is 0 Å². The molecule has 1 aromatic heterocycles. The van der Waals surface area contributed by atoms with Gasteiger partial charge in [0.1, 0.15) is 5.70 Å². The third kappa shape index (κ3) is 3.43. The number of hydrogen-bond acceptors (Lipinski definition) is 6. The fourth-order valence-corrected chi connectivity index (χ4v) is 4.53. The van der Waals surface area contributed by atoms with E-state index in [1.54, 1.807) is 42.8 Å². The molecule has 4 rings (SSSR count). The number of benzene rings is 1. The summed E-state index contributed by atoms with van der Waals surface area (Å²) in [5.41, 5.74) is 2.02. The van der Waals surface area contributed by atoms with Crippen molar-refractivity contribution in [2.45, 2.75) is 31.9 Å². The van der Waals surface area contributed by atoms with Crippen molar-refractivity contribution in [3.63, 3.8) is 0 Å². The number of amides is 2. The Hall–Kier alpha value is -3.04. The number of β-lactam (4-membered cyclic amide) rings is 1. The van der Waals surface area contributed by atoms with Crippen LogP contribution < -0.4 is 5.32 Å². The van der Waals surface area contributed by atoms with E-state index >= 15 is 0 Å². The van der Waals surface area contributed by atoms with Gasteiger partial charge in [-0.05, 0) is 30.0 Å². The monoisotopic (exact) mass is 413 g/mol. The molecule has 29 heavy (non-hydrogen) atoms. The predicted octanol–water partition coefficient (Wildman–Crippen LogP) is 1.73. The van der Waals surface area contributed by atoms with Crippen LogP contribution in [0.2, 0.25) is 0 Å². The van der Waals surface area contributed by atoms with Gasteiger partial charge >= 0.3 is 5.97 Å². The van der Waals surface area contributed by atoms with Gasteiger partial charge in [0.25, 0.3) is 0 Å². The minimum absolute atomic E-state index is 0.0221. The average molecular weight is 413 g/mol. The number of nitrogens with zero attached hydrogens (tertiary/aromatic N) is 2. The molecule has 8 nitrogen and oxygen atoms in total. The normalized spacial score (nSPS) is 21.6. The molecular formula is C20H19N3O5S. The number of aliphatic hydroxyl groups excluding tert-OH is 1. The Kier molecular flexibility index (Phi) is 4.93. The van der Waals surface area contributed by atoms with Gasteiger partial charge in [0, 0.05) is 11.6 Å². The zero-order valence-corrected chi connectivity index (χ0v) is 16.3. The van der Waals surface area contributed by atoms with E-state index in [9.17, 15) is 24.6 Å². The number of rotatable bonds is 6. The van der Waals surface area contributed by atoms with Crippen molar-refractivity contribution in [3.05, 3.63) is 52.7 Å². The van der Waals surface area contributed by atoms with Crippen molar-refractivity contribution in [2.75, 3.05) is 5.32 Å². The van der Waals surface area contributed by atoms with Crippen LogP contribution in [0.3, 0.4) is 0 Å². The Morgan fingerprint density at radius 2 is 2.07 bits per heavy atom. The lowest BCUT2D eigenvalue weighted by Gasteiger charge is -2.44. The number of nitrogens with one attached hydrogen (secondary N) is 1. The van der Waals surface area contributed by atoms with Crippen LogP contribution in [0.25, 0.3) is 5.57 Å². The van der Waals surface area contributed by atoms with Crippen LogP contribution >= 0.6 is 11.3 Å². The average Bonchev–Trinajstić information content (AvgIpc) is 3.27. The molecule has 2 aliphatic heterocycles. The van der Waals surface area contributed by atoms with Crippen molar-refractivity contribution in [1.29, 1.82) is 0 Å². The Labute approximate surface area is 170 Å². The standard InChI is InChI=1S/C20H19N3O5S/c1-10(24)16-14-9-13(17(19(27)28)23(14)18(16)26)12-4-2-11(3-5-12)8-15(25)22-20-21-6-7-29-20/h2-7,10,14,16,24H,8-9H2,1H3,(H,27,28)(H,21,22,25)/t10-,14-,16+/m1/s1. The molecule has 9 heteroatoms. The molecule has 2 amide bonds. The molecule has 1 saturated heterocycles. The quantitative estimate of drug-likeness (QED) is 0.621. The number of hydrogen-bond donors (Lipinski definition) is 3. The number of aliphatic hydroxyl groups is 1. The van der Waals surface area contributed by atoms with E-state index in [0.29, 0.717) is 22.7 Å². The maximum absolute atomic E-state index is 12.3. The van der Waals surface area contributed by atoms with E-state index in [-0.39, 0.29) is 30.0 Å². The summed E-state index contributed by atoms with van der Waals surface area (Å²) in [6, 6.07) is 6.74. The van der Waals surface area contributed by atoms with Gasteiger partial charge in [-0.2, -0.15) is 0 Å². The number of anilines is 1. The van der Waals surface area contributed by atoms with Crippen molar-refractivity contribution < 1.29 is 24.6 Å². The lowest BCUT2D eigenvalue weighted by Crippen LogP contribution is -2.61. The first kappa shape index (κ1) is 19.3. The highest BCUT2D eigenvalue weighted by Gasteiger charge is 2.56. The van der Waals surface area contributed by atoms with E-state index in [0.717, 1.165) is 5.56 Å². The largest absolute Gasteiger partial charge is 0.477 e. The zero-order chi connectivity index (χ0) is 20.7. The smallest absolute Gasteiger partial charge is 0.352 e. The summed E-state index contributed by atoms with van der Waals surface area (Å²) >= 11 is 1.34. The summed E-state index contributed by atoms with van der Waals surface area (Å²) in [7, 11) is 0. The maximum Gasteiger partial charge on any atom is 0.352 e. The highest BCUT2D eigenvalue weighted by Crippen LogP contribution is 2.46. The molecule has 0 spiro atoms. The van der Waals surface area contributed by atoms with Crippen molar-refractivity contribution >= 4 is 39.8 Å².